The van der Waals surface area contributed by atoms with E-state index in [2.05, 4.69) is 17.1 Å². The first-order valence-corrected chi connectivity index (χ1v) is 7.34. The number of aliphatic carboxylic acids is 1. The molecule has 0 spiro atoms. The molecule has 20 heavy (non-hydrogen) atoms. The summed E-state index contributed by atoms with van der Waals surface area (Å²) in [6.07, 6.45) is 0.823. The molecule has 2 aromatic rings. The Morgan fingerprint density at radius 1 is 1.40 bits per heavy atom. The van der Waals surface area contributed by atoms with Crippen LogP contribution in [-0.2, 0) is 17.8 Å². The Morgan fingerprint density at radius 3 is 2.75 bits per heavy atom. The zero-order chi connectivity index (χ0) is 14.5. The summed E-state index contributed by atoms with van der Waals surface area (Å²) in [7, 11) is 1.80. The Hall–Kier alpha value is -1.72. The number of nitrogens with zero attached hydrogens (tertiary/aromatic N) is 2. The first-order valence-electron chi connectivity index (χ1n) is 6.46. The van der Waals surface area contributed by atoms with Gasteiger partial charge in [0.2, 0.25) is 0 Å². The van der Waals surface area contributed by atoms with Gasteiger partial charge in [0.1, 0.15) is 6.04 Å². The lowest BCUT2D eigenvalue weighted by Gasteiger charge is -2.19. The number of thiazole rings is 1. The summed E-state index contributed by atoms with van der Waals surface area (Å²) in [6.45, 7) is 2.23. The quantitative estimate of drug-likeness (QED) is 0.888. The van der Waals surface area contributed by atoms with E-state index in [1.165, 1.54) is 5.56 Å². The molecule has 1 atom stereocenters. The van der Waals surface area contributed by atoms with Crippen molar-refractivity contribution >= 4 is 17.3 Å². The van der Waals surface area contributed by atoms with Crippen LogP contribution in [-0.4, -0.2) is 34.0 Å². The first-order chi connectivity index (χ1) is 9.56. The minimum absolute atomic E-state index is 0.505. The van der Waals surface area contributed by atoms with Crippen molar-refractivity contribution in [2.24, 2.45) is 0 Å². The molecule has 106 valence electrons. The first kappa shape index (κ1) is 14.7. The largest absolute Gasteiger partial charge is 0.480 e. The highest BCUT2D eigenvalue weighted by Crippen LogP contribution is 2.16. The summed E-state index contributed by atoms with van der Waals surface area (Å²) in [4.78, 5) is 17.3. The molecular weight excluding hydrogens is 272 g/mol. The van der Waals surface area contributed by atoms with Crippen LogP contribution in [0, 0.1) is 0 Å². The van der Waals surface area contributed by atoms with Gasteiger partial charge in [-0.2, -0.15) is 0 Å². The number of rotatable bonds is 6. The third-order valence-corrected chi connectivity index (χ3v) is 4.13. The third kappa shape index (κ3) is 3.88. The number of carbonyl (C=O) groups is 1. The van der Waals surface area contributed by atoms with Crippen LogP contribution in [0.3, 0.4) is 0 Å². The van der Waals surface area contributed by atoms with E-state index >= 15 is 0 Å². The second-order valence-corrected chi connectivity index (χ2v) is 5.77. The van der Waals surface area contributed by atoms with Gasteiger partial charge >= 0.3 is 5.97 Å². The number of carboxylic acid groups (broad SMARTS) is 1. The zero-order valence-corrected chi connectivity index (χ0v) is 12.4. The summed E-state index contributed by atoms with van der Waals surface area (Å²) in [5, 5.41) is 12.0. The predicted octanol–water partition coefficient (Wildman–Crippen LogP) is 2.64. The van der Waals surface area contributed by atoms with E-state index < -0.39 is 12.0 Å². The van der Waals surface area contributed by atoms with Gasteiger partial charge in [0.25, 0.3) is 0 Å². The zero-order valence-electron chi connectivity index (χ0n) is 11.6. The van der Waals surface area contributed by atoms with Crippen molar-refractivity contribution in [3.05, 3.63) is 52.0 Å². The van der Waals surface area contributed by atoms with Gasteiger partial charge in [-0.05, 0) is 19.5 Å². The molecule has 0 fully saturated rings. The number of likely N-dealkylation sites (N-methyl/N-ethyl adjacent to an activating group) is 1. The Labute approximate surface area is 122 Å². The Balaban J connectivity index is 1.97. The van der Waals surface area contributed by atoms with Gasteiger partial charge in [0.15, 0.2) is 0 Å². The van der Waals surface area contributed by atoms with Crippen LogP contribution in [0.5, 0.6) is 0 Å². The highest BCUT2D eigenvalue weighted by atomic mass is 32.1. The predicted molar refractivity (Wildman–Crippen MR) is 79.9 cm³/mol. The normalized spacial score (nSPS) is 12.6. The Bertz CT molecular complexity index is 568. The number of hydrogen-bond donors (Lipinski definition) is 1. The summed E-state index contributed by atoms with van der Waals surface area (Å²) < 4.78 is 0. The van der Waals surface area contributed by atoms with Gasteiger partial charge in [-0.25, -0.2) is 4.98 Å². The Kier molecular flexibility index (Phi) is 4.87. The molecule has 0 saturated heterocycles. The van der Waals surface area contributed by atoms with Gasteiger partial charge in [-0.15, -0.1) is 11.3 Å². The second-order valence-electron chi connectivity index (χ2n) is 4.82. The smallest absolute Gasteiger partial charge is 0.320 e. The molecule has 5 heteroatoms. The molecule has 0 saturated carbocycles. The maximum atomic E-state index is 10.9. The summed E-state index contributed by atoms with van der Waals surface area (Å²) in [5.41, 5.74) is 2.16. The molecule has 0 aliphatic carbocycles. The van der Waals surface area contributed by atoms with E-state index in [4.69, 9.17) is 5.11 Å². The van der Waals surface area contributed by atoms with Crippen molar-refractivity contribution in [3.8, 4) is 0 Å². The van der Waals surface area contributed by atoms with Crippen LogP contribution in [0.2, 0.25) is 0 Å². The lowest BCUT2D eigenvalue weighted by molar-refractivity contribution is -0.142. The van der Waals surface area contributed by atoms with Crippen molar-refractivity contribution in [1.82, 2.24) is 9.88 Å². The number of benzene rings is 1. The molecule has 1 unspecified atom stereocenters. The number of hydrogen-bond acceptors (Lipinski definition) is 4. The fraction of sp³-hybridized carbons (Fsp3) is 0.333. The molecule has 1 heterocycles. The van der Waals surface area contributed by atoms with E-state index in [-0.39, 0.29) is 0 Å². The summed E-state index contributed by atoms with van der Waals surface area (Å²) in [5.74, 6) is -0.813. The van der Waals surface area contributed by atoms with Crippen molar-refractivity contribution in [2.75, 3.05) is 7.05 Å². The fourth-order valence-electron chi connectivity index (χ4n) is 1.85. The van der Waals surface area contributed by atoms with Crippen molar-refractivity contribution in [3.63, 3.8) is 0 Å². The van der Waals surface area contributed by atoms with Gasteiger partial charge in [-0.1, -0.05) is 30.3 Å². The van der Waals surface area contributed by atoms with Crippen LogP contribution in [0.1, 0.15) is 23.2 Å². The van der Waals surface area contributed by atoms with Gasteiger partial charge in [-0.3, -0.25) is 9.69 Å². The van der Waals surface area contributed by atoms with E-state index in [9.17, 15) is 4.79 Å². The Morgan fingerprint density at radius 2 is 2.10 bits per heavy atom. The molecule has 0 radical (unpaired) electrons. The monoisotopic (exact) mass is 290 g/mol. The average molecular weight is 290 g/mol. The van der Waals surface area contributed by atoms with Crippen molar-refractivity contribution in [1.29, 1.82) is 0 Å². The highest BCUT2D eigenvalue weighted by molar-refractivity contribution is 7.09. The van der Waals surface area contributed by atoms with Crippen LogP contribution in [0.4, 0.5) is 0 Å². The molecule has 1 N–H and O–H groups in total. The van der Waals surface area contributed by atoms with Crippen molar-refractivity contribution < 1.29 is 9.90 Å². The van der Waals surface area contributed by atoms with Crippen LogP contribution < -0.4 is 0 Å². The second kappa shape index (κ2) is 6.63. The summed E-state index contributed by atoms with van der Waals surface area (Å²) in [6, 6.07) is 9.70. The molecule has 1 aromatic heterocycles. The third-order valence-electron chi connectivity index (χ3n) is 3.23. The molecule has 4 nitrogen and oxygen atoms in total. The minimum Gasteiger partial charge on any atom is -0.480 e. The van der Waals surface area contributed by atoms with Crippen LogP contribution in [0.25, 0.3) is 0 Å². The van der Waals surface area contributed by atoms with E-state index in [0.29, 0.717) is 6.54 Å². The lowest BCUT2D eigenvalue weighted by Crippen LogP contribution is -2.35. The number of carboxylic acids is 1. The van der Waals surface area contributed by atoms with Gasteiger partial charge in [0.05, 0.1) is 10.7 Å². The molecule has 0 bridgehead atoms. The molecule has 0 amide bonds. The highest BCUT2D eigenvalue weighted by Gasteiger charge is 2.17. The van der Waals surface area contributed by atoms with E-state index in [1.54, 1.807) is 30.2 Å². The average Bonchev–Trinajstić information content (AvgIpc) is 2.86. The van der Waals surface area contributed by atoms with Gasteiger partial charge < -0.3 is 5.11 Å². The van der Waals surface area contributed by atoms with Crippen LogP contribution >= 0.6 is 11.3 Å². The lowest BCUT2D eigenvalue weighted by atomic mass is 10.2. The molecule has 1 aromatic carbocycles. The number of aromatic nitrogens is 1. The molecule has 0 aliphatic heterocycles. The molecule has 0 aliphatic rings. The molecular formula is C15H18N2O2S. The molecule has 2 rings (SSSR count). The van der Waals surface area contributed by atoms with Gasteiger partial charge in [0, 0.05) is 18.3 Å². The minimum atomic E-state index is -0.813. The van der Waals surface area contributed by atoms with Crippen LogP contribution in [0.15, 0.2) is 35.7 Å². The SMILES string of the molecule is CC(C(=O)O)N(C)Cc1csc(Cc2ccccc2)n1. The fourth-order valence-corrected chi connectivity index (χ4v) is 2.67. The van der Waals surface area contributed by atoms with E-state index in [0.717, 1.165) is 17.1 Å². The van der Waals surface area contributed by atoms with E-state index in [1.807, 2.05) is 23.6 Å². The maximum absolute atomic E-state index is 10.9. The summed E-state index contributed by atoms with van der Waals surface area (Å²) >= 11 is 1.62. The maximum Gasteiger partial charge on any atom is 0.320 e. The standard InChI is InChI=1S/C15H18N2O2S/c1-11(15(18)19)17(2)9-13-10-20-14(16-13)8-12-6-4-3-5-7-12/h3-7,10-11H,8-9H2,1-2H3,(H,18,19). The van der Waals surface area contributed by atoms with Crippen molar-refractivity contribution in [2.45, 2.75) is 25.9 Å². The topological polar surface area (TPSA) is 53.4 Å².